The van der Waals surface area contributed by atoms with Crippen LogP contribution in [0.4, 0.5) is 0 Å². The van der Waals surface area contributed by atoms with Gasteiger partial charge in [-0.1, -0.05) is 0 Å². The number of carboxylic acids is 1. The van der Waals surface area contributed by atoms with Gasteiger partial charge in [0, 0.05) is 12.8 Å². The van der Waals surface area contributed by atoms with Crippen LogP contribution in [0.25, 0.3) is 0 Å². The van der Waals surface area contributed by atoms with Crippen molar-refractivity contribution in [3.8, 4) is 12.3 Å². The van der Waals surface area contributed by atoms with Crippen LogP contribution in [-0.2, 0) is 14.3 Å². The van der Waals surface area contributed by atoms with Gasteiger partial charge in [0.15, 0.2) is 0 Å². The molecule has 1 unspecified atom stereocenters. The van der Waals surface area contributed by atoms with Gasteiger partial charge in [0.05, 0.1) is 12.7 Å². The van der Waals surface area contributed by atoms with Crippen LogP contribution in [0, 0.1) is 12.3 Å². The summed E-state index contributed by atoms with van der Waals surface area (Å²) in [6.07, 6.45) is 7.25. The maximum atomic E-state index is 11.5. The number of hydrogen-bond donors (Lipinski definition) is 3. The summed E-state index contributed by atoms with van der Waals surface area (Å²) < 4.78 is 5.57. The molecular weight excluding hydrogens is 248 g/mol. The van der Waals surface area contributed by atoms with Crippen molar-refractivity contribution in [3.05, 3.63) is 0 Å². The maximum absolute atomic E-state index is 11.5. The lowest BCUT2D eigenvalue weighted by Gasteiger charge is -2.22. The van der Waals surface area contributed by atoms with Crippen LogP contribution >= 0.6 is 0 Å². The van der Waals surface area contributed by atoms with E-state index in [-0.39, 0.29) is 24.9 Å². The first-order valence-electron chi connectivity index (χ1n) is 6.41. The van der Waals surface area contributed by atoms with E-state index in [1.165, 1.54) is 0 Å². The number of hydrogen-bond acceptors (Lipinski definition) is 4. The molecule has 1 amide bonds. The molecule has 106 valence electrons. The van der Waals surface area contributed by atoms with Gasteiger partial charge in [-0.3, -0.25) is 4.79 Å². The number of ether oxygens (including phenoxy) is 1. The second-order valence-corrected chi connectivity index (χ2v) is 4.44. The van der Waals surface area contributed by atoms with Crippen molar-refractivity contribution in [3.63, 3.8) is 0 Å². The molecule has 3 N–H and O–H groups in total. The molecule has 0 aromatic heterocycles. The largest absolute Gasteiger partial charge is 0.480 e. The maximum Gasteiger partial charge on any atom is 0.327 e. The molecule has 1 aliphatic heterocycles. The Morgan fingerprint density at radius 1 is 1.47 bits per heavy atom. The third kappa shape index (κ3) is 6.22. The first kappa shape index (κ1) is 15.5. The average Bonchev–Trinajstić information content (AvgIpc) is 2.39. The minimum Gasteiger partial charge on any atom is -0.480 e. The number of amides is 1. The molecule has 6 nitrogen and oxygen atoms in total. The van der Waals surface area contributed by atoms with E-state index in [9.17, 15) is 9.59 Å². The van der Waals surface area contributed by atoms with E-state index in [1.54, 1.807) is 0 Å². The van der Waals surface area contributed by atoms with Gasteiger partial charge in [-0.2, -0.15) is 0 Å². The van der Waals surface area contributed by atoms with Gasteiger partial charge in [-0.15, -0.1) is 12.3 Å². The fourth-order valence-electron chi connectivity index (χ4n) is 1.86. The Morgan fingerprint density at radius 2 is 2.16 bits per heavy atom. The Labute approximate surface area is 112 Å². The minimum absolute atomic E-state index is 0.0176. The molecule has 0 aromatic carbocycles. The molecule has 1 rings (SSSR count). The zero-order chi connectivity index (χ0) is 14.1. The van der Waals surface area contributed by atoms with Crippen LogP contribution in [-0.4, -0.2) is 48.8 Å². The smallest absolute Gasteiger partial charge is 0.327 e. The molecule has 19 heavy (non-hydrogen) atoms. The van der Waals surface area contributed by atoms with Crippen molar-refractivity contribution in [1.29, 1.82) is 0 Å². The van der Waals surface area contributed by atoms with Crippen LogP contribution in [0.1, 0.15) is 25.7 Å². The lowest BCUT2D eigenvalue weighted by Crippen LogP contribution is -2.41. The molecule has 6 heteroatoms. The molecule has 0 aliphatic carbocycles. The molecule has 0 aromatic rings. The summed E-state index contributed by atoms with van der Waals surface area (Å²) in [6.45, 7) is 2.17. The highest BCUT2D eigenvalue weighted by molar-refractivity contribution is 5.83. The summed E-state index contributed by atoms with van der Waals surface area (Å²) >= 11 is 0. The Hall–Kier alpha value is -1.58. The van der Waals surface area contributed by atoms with E-state index in [0.717, 1.165) is 25.9 Å². The van der Waals surface area contributed by atoms with Crippen molar-refractivity contribution in [1.82, 2.24) is 10.6 Å². The topological polar surface area (TPSA) is 87.7 Å². The van der Waals surface area contributed by atoms with Gasteiger partial charge in [-0.25, -0.2) is 4.79 Å². The molecule has 1 atom stereocenters. The molecule has 1 aliphatic rings. The van der Waals surface area contributed by atoms with Crippen LogP contribution < -0.4 is 10.6 Å². The van der Waals surface area contributed by atoms with Crippen LogP contribution in [0.3, 0.4) is 0 Å². The second-order valence-electron chi connectivity index (χ2n) is 4.44. The monoisotopic (exact) mass is 268 g/mol. The van der Waals surface area contributed by atoms with Gasteiger partial charge in [-0.05, 0) is 25.9 Å². The molecule has 0 spiro atoms. The summed E-state index contributed by atoms with van der Waals surface area (Å²) in [5.41, 5.74) is 0. The highest BCUT2D eigenvalue weighted by atomic mass is 16.5. The lowest BCUT2D eigenvalue weighted by atomic mass is 10.1. The molecule has 1 saturated heterocycles. The Balaban J connectivity index is 2.19. The quantitative estimate of drug-likeness (QED) is 0.554. The van der Waals surface area contributed by atoms with Crippen molar-refractivity contribution < 1.29 is 19.4 Å². The minimum atomic E-state index is -1.12. The molecule has 0 saturated carbocycles. The standard InChI is InChI=1S/C13H20N2O4/c1-2-3-11(13(17)18)15-12(16)6-9-19-10-4-7-14-8-5-10/h1,10-11,14H,3-9H2,(H,15,16)(H,17,18). The highest BCUT2D eigenvalue weighted by Gasteiger charge is 2.19. The van der Waals surface area contributed by atoms with Gasteiger partial charge in [0.2, 0.25) is 5.91 Å². The van der Waals surface area contributed by atoms with E-state index in [0.29, 0.717) is 6.61 Å². The number of carbonyl (C=O) groups is 2. The van der Waals surface area contributed by atoms with Gasteiger partial charge < -0.3 is 20.5 Å². The molecule has 0 radical (unpaired) electrons. The summed E-state index contributed by atoms with van der Waals surface area (Å²) in [5.74, 6) is 0.758. The normalized spacial score (nSPS) is 17.4. The molecule has 1 heterocycles. The predicted molar refractivity (Wildman–Crippen MR) is 69.5 cm³/mol. The third-order valence-corrected chi connectivity index (χ3v) is 2.92. The van der Waals surface area contributed by atoms with E-state index >= 15 is 0 Å². The Kier molecular flexibility index (Phi) is 6.93. The van der Waals surface area contributed by atoms with Crippen LogP contribution in [0.5, 0.6) is 0 Å². The van der Waals surface area contributed by atoms with Gasteiger partial charge in [0.25, 0.3) is 0 Å². The number of nitrogens with one attached hydrogen (secondary N) is 2. The van der Waals surface area contributed by atoms with E-state index in [1.807, 2.05) is 0 Å². The molecule has 0 bridgehead atoms. The fourth-order valence-corrected chi connectivity index (χ4v) is 1.86. The number of aliphatic carboxylic acids is 1. The first-order chi connectivity index (χ1) is 9.13. The van der Waals surface area contributed by atoms with Crippen LogP contribution in [0.15, 0.2) is 0 Å². The first-order valence-corrected chi connectivity index (χ1v) is 6.41. The number of carboxylic acid groups (broad SMARTS) is 1. The van der Waals surface area contributed by atoms with Crippen molar-refractivity contribution in [2.75, 3.05) is 19.7 Å². The average molecular weight is 268 g/mol. The lowest BCUT2D eigenvalue weighted by molar-refractivity contribution is -0.141. The zero-order valence-corrected chi connectivity index (χ0v) is 10.9. The number of terminal acetylenes is 1. The summed E-state index contributed by atoms with van der Waals surface area (Å²) in [5, 5.41) is 14.4. The summed E-state index contributed by atoms with van der Waals surface area (Å²) in [4.78, 5) is 22.3. The van der Waals surface area contributed by atoms with E-state index in [2.05, 4.69) is 16.6 Å². The molecular formula is C13H20N2O4. The summed E-state index contributed by atoms with van der Waals surface area (Å²) in [7, 11) is 0. The van der Waals surface area contributed by atoms with E-state index in [4.69, 9.17) is 16.3 Å². The summed E-state index contributed by atoms with van der Waals surface area (Å²) in [6, 6.07) is -1.02. The SMILES string of the molecule is C#CCC(NC(=O)CCOC1CCNCC1)C(=O)O. The van der Waals surface area contributed by atoms with Gasteiger partial charge >= 0.3 is 5.97 Å². The number of carbonyl (C=O) groups excluding carboxylic acids is 1. The Bertz CT molecular complexity index is 345. The highest BCUT2D eigenvalue weighted by Crippen LogP contribution is 2.07. The number of piperidine rings is 1. The predicted octanol–water partition coefficient (Wildman–Crippen LogP) is -0.262. The molecule has 1 fully saturated rings. The fraction of sp³-hybridized carbons (Fsp3) is 0.692. The third-order valence-electron chi connectivity index (χ3n) is 2.92. The van der Waals surface area contributed by atoms with E-state index < -0.39 is 12.0 Å². The van der Waals surface area contributed by atoms with Crippen molar-refractivity contribution >= 4 is 11.9 Å². The Morgan fingerprint density at radius 3 is 2.74 bits per heavy atom. The van der Waals surface area contributed by atoms with Crippen LogP contribution in [0.2, 0.25) is 0 Å². The van der Waals surface area contributed by atoms with Crippen molar-refractivity contribution in [2.24, 2.45) is 0 Å². The van der Waals surface area contributed by atoms with Crippen molar-refractivity contribution in [2.45, 2.75) is 37.8 Å². The second kappa shape index (κ2) is 8.51. The zero-order valence-electron chi connectivity index (χ0n) is 10.9. The number of rotatable bonds is 7. The van der Waals surface area contributed by atoms with Gasteiger partial charge in [0.1, 0.15) is 6.04 Å².